The second-order valence-corrected chi connectivity index (χ2v) is 4.21. The monoisotopic (exact) mass is 272 g/mol. The van der Waals surface area contributed by atoms with E-state index in [2.05, 4.69) is 17.2 Å². The Bertz CT molecular complexity index is 582. The molecule has 1 heterocycles. The minimum absolute atomic E-state index is 0.0119. The third kappa shape index (κ3) is 3.71. The van der Waals surface area contributed by atoms with E-state index in [0.29, 0.717) is 12.4 Å². The second kappa shape index (κ2) is 6.56. The average molecular weight is 272 g/mol. The number of hydrogen-bond acceptors (Lipinski definition) is 4. The molecule has 0 aliphatic heterocycles. The first-order valence-electron chi connectivity index (χ1n) is 6.39. The van der Waals surface area contributed by atoms with Gasteiger partial charge in [0.15, 0.2) is 5.69 Å². The van der Waals surface area contributed by atoms with E-state index < -0.39 is 5.97 Å². The number of ether oxygens (including phenoxy) is 1. The highest BCUT2D eigenvalue weighted by Crippen LogP contribution is 2.19. The molecule has 5 heteroatoms. The van der Waals surface area contributed by atoms with Crippen LogP contribution in [0.2, 0.25) is 0 Å². The number of aromatic carboxylic acids is 1. The van der Waals surface area contributed by atoms with Gasteiger partial charge in [-0.15, -0.1) is 0 Å². The van der Waals surface area contributed by atoms with Crippen LogP contribution in [0.1, 0.15) is 23.8 Å². The van der Waals surface area contributed by atoms with Crippen LogP contribution in [0.4, 0.5) is 11.5 Å². The molecule has 1 aromatic carbocycles. The van der Waals surface area contributed by atoms with E-state index in [1.807, 2.05) is 24.3 Å². The molecule has 2 aromatic rings. The van der Waals surface area contributed by atoms with Gasteiger partial charge in [-0.25, -0.2) is 9.78 Å². The molecule has 0 fully saturated rings. The summed E-state index contributed by atoms with van der Waals surface area (Å²) in [5.41, 5.74) is 0.835. The SMILES string of the molecule is CCCOc1ccc(Nc2cccc(C(=O)O)n2)cc1. The zero-order valence-corrected chi connectivity index (χ0v) is 11.2. The Hall–Kier alpha value is -2.56. The molecular weight excluding hydrogens is 256 g/mol. The van der Waals surface area contributed by atoms with Gasteiger partial charge in [-0.3, -0.25) is 0 Å². The Labute approximate surface area is 117 Å². The van der Waals surface area contributed by atoms with Gasteiger partial charge in [-0.1, -0.05) is 13.0 Å². The number of benzene rings is 1. The number of rotatable bonds is 6. The maximum absolute atomic E-state index is 10.8. The highest BCUT2D eigenvalue weighted by atomic mass is 16.5. The first-order valence-corrected chi connectivity index (χ1v) is 6.39. The van der Waals surface area contributed by atoms with Crippen LogP contribution in [0.25, 0.3) is 0 Å². The minimum Gasteiger partial charge on any atom is -0.494 e. The van der Waals surface area contributed by atoms with Crippen LogP contribution < -0.4 is 10.1 Å². The van der Waals surface area contributed by atoms with Crippen LogP contribution in [0.15, 0.2) is 42.5 Å². The van der Waals surface area contributed by atoms with Crippen molar-refractivity contribution in [2.45, 2.75) is 13.3 Å². The largest absolute Gasteiger partial charge is 0.494 e. The Morgan fingerprint density at radius 2 is 2.00 bits per heavy atom. The summed E-state index contributed by atoms with van der Waals surface area (Å²) in [4.78, 5) is 14.8. The van der Waals surface area contributed by atoms with Gasteiger partial charge in [0, 0.05) is 5.69 Å². The predicted octanol–water partition coefficient (Wildman–Crippen LogP) is 3.31. The summed E-state index contributed by atoms with van der Waals surface area (Å²) in [5.74, 6) is 0.258. The minimum atomic E-state index is -1.04. The lowest BCUT2D eigenvalue weighted by Gasteiger charge is -2.08. The summed E-state index contributed by atoms with van der Waals surface area (Å²) in [6, 6.07) is 12.3. The lowest BCUT2D eigenvalue weighted by molar-refractivity contribution is 0.0690. The fraction of sp³-hybridized carbons (Fsp3) is 0.200. The molecule has 0 spiro atoms. The van der Waals surface area contributed by atoms with Gasteiger partial charge in [0.2, 0.25) is 0 Å². The number of anilines is 2. The number of aromatic nitrogens is 1. The van der Waals surface area contributed by atoms with Crippen molar-refractivity contribution >= 4 is 17.5 Å². The van der Waals surface area contributed by atoms with Gasteiger partial charge in [-0.2, -0.15) is 0 Å². The number of carboxylic acids is 1. The second-order valence-electron chi connectivity index (χ2n) is 4.21. The molecule has 0 amide bonds. The average Bonchev–Trinajstić information content (AvgIpc) is 2.47. The summed E-state index contributed by atoms with van der Waals surface area (Å²) in [6.07, 6.45) is 0.964. The Kier molecular flexibility index (Phi) is 4.55. The van der Waals surface area contributed by atoms with E-state index in [9.17, 15) is 4.79 Å². The van der Waals surface area contributed by atoms with Crippen LogP contribution in [0, 0.1) is 0 Å². The molecule has 0 radical (unpaired) electrons. The third-order valence-electron chi connectivity index (χ3n) is 2.57. The topological polar surface area (TPSA) is 71.5 Å². The van der Waals surface area contributed by atoms with Gasteiger partial charge in [0.1, 0.15) is 11.6 Å². The van der Waals surface area contributed by atoms with Gasteiger partial charge < -0.3 is 15.2 Å². The first kappa shape index (κ1) is 13.9. The van der Waals surface area contributed by atoms with E-state index >= 15 is 0 Å². The lowest BCUT2D eigenvalue weighted by Crippen LogP contribution is -2.02. The van der Waals surface area contributed by atoms with Crippen molar-refractivity contribution in [2.75, 3.05) is 11.9 Å². The van der Waals surface area contributed by atoms with Crippen molar-refractivity contribution in [3.8, 4) is 5.75 Å². The molecule has 0 atom stereocenters. The van der Waals surface area contributed by atoms with Crippen molar-refractivity contribution in [2.24, 2.45) is 0 Å². The summed E-state index contributed by atoms with van der Waals surface area (Å²) < 4.78 is 5.49. The number of carboxylic acid groups (broad SMARTS) is 1. The molecule has 0 saturated heterocycles. The molecule has 0 bridgehead atoms. The summed E-state index contributed by atoms with van der Waals surface area (Å²) in [5, 5.41) is 11.9. The summed E-state index contributed by atoms with van der Waals surface area (Å²) in [6.45, 7) is 2.74. The molecule has 20 heavy (non-hydrogen) atoms. The number of nitrogens with one attached hydrogen (secondary N) is 1. The van der Waals surface area contributed by atoms with Crippen LogP contribution in [-0.2, 0) is 0 Å². The van der Waals surface area contributed by atoms with E-state index in [4.69, 9.17) is 9.84 Å². The van der Waals surface area contributed by atoms with Crippen LogP contribution in [0.5, 0.6) is 5.75 Å². The summed E-state index contributed by atoms with van der Waals surface area (Å²) in [7, 11) is 0. The molecule has 2 rings (SSSR count). The van der Waals surface area contributed by atoms with E-state index in [1.165, 1.54) is 6.07 Å². The molecule has 0 saturated carbocycles. The Balaban J connectivity index is 2.06. The third-order valence-corrected chi connectivity index (χ3v) is 2.57. The fourth-order valence-electron chi connectivity index (χ4n) is 1.63. The predicted molar refractivity (Wildman–Crippen MR) is 76.7 cm³/mol. The standard InChI is InChI=1S/C15H16N2O3/c1-2-10-20-12-8-6-11(7-9-12)16-14-5-3-4-13(17-14)15(18)19/h3-9H,2,10H2,1H3,(H,16,17)(H,18,19). The number of carbonyl (C=O) groups is 1. The van der Waals surface area contributed by atoms with Crippen molar-refractivity contribution in [1.29, 1.82) is 0 Å². The van der Waals surface area contributed by atoms with Crippen molar-refractivity contribution < 1.29 is 14.6 Å². The zero-order chi connectivity index (χ0) is 14.4. The van der Waals surface area contributed by atoms with Gasteiger partial charge in [0.25, 0.3) is 0 Å². The normalized spacial score (nSPS) is 10.1. The van der Waals surface area contributed by atoms with E-state index in [0.717, 1.165) is 17.9 Å². The molecule has 0 aliphatic rings. The Morgan fingerprint density at radius 3 is 2.65 bits per heavy atom. The molecule has 1 aromatic heterocycles. The van der Waals surface area contributed by atoms with Crippen molar-refractivity contribution in [3.05, 3.63) is 48.2 Å². The molecular formula is C15H16N2O3. The van der Waals surface area contributed by atoms with Gasteiger partial charge in [0.05, 0.1) is 6.61 Å². The Morgan fingerprint density at radius 1 is 1.25 bits per heavy atom. The van der Waals surface area contributed by atoms with Gasteiger partial charge in [-0.05, 0) is 42.8 Å². The quantitative estimate of drug-likeness (QED) is 0.844. The first-order chi connectivity index (χ1) is 9.69. The van der Waals surface area contributed by atoms with Crippen LogP contribution in [0.3, 0.4) is 0 Å². The molecule has 104 valence electrons. The van der Waals surface area contributed by atoms with Crippen LogP contribution in [-0.4, -0.2) is 22.7 Å². The molecule has 2 N–H and O–H groups in total. The van der Waals surface area contributed by atoms with E-state index in [1.54, 1.807) is 12.1 Å². The highest BCUT2D eigenvalue weighted by molar-refractivity contribution is 5.85. The fourth-order valence-corrected chi connectivity index (χ4v) is 1.63. The highest BCUT2D eigenvalue weighted by Gasteiger charge is 2.05. The van der Waals surface area contributed by atoms with Crippen molar-refractivity contribution in [1.82, 2.24) is 4.98 Å². The number of nitrogens with zero attached hydrogens (tertiary/aromatic N) is 1. The lowest BCUT2D eigenvalue weighted by atomic mass is 10.3. The summed E-state index contributed by atoms with van der Waals surface area (Å²) >= 11 is 0. The van der Waals surface area contributed by atoms with Gasteiger partial charge >= 0.3 is 5.97 Å². The zero-order valence-electron chi connectivity index (χ0n) is 11.2. The van der Waals surface area contributed by atoms with Crippen LogP contribution >= 0.6 is 0 Å². The van der Waals surface area contributed by atoms with E-state index in [-0.39, 0.29) is 5.69 Å². The molecule has 5 nitrogen and oxygen atoms in total. The number of pyridine rings is 1. The smallest absolute Gasteiger partial charge is 0.354 e. The molecule has 0 unspecified atom stereocenters. The number of hydrogen-bond donors (Lipinski definition) is 2. The maximum atomic E-state index is 10.8. The maximum Gasteiger partial charge on any atom is 0.354 e. The van der Waals surface area contributed by atoms with Crippen molar-refractivity contribution in [3.63, 3.8) is 0 Å². The molecule has 0 aliphatic carbocycles.